The second-order valence-corrected chi connectivity index (χ2v) is 8.05. The van der Waals surface area contributed by atoms with Crippen molar-refractivity contribution in [2.75, 3.05) is 0 Å². The predicted octanol–water partition coefficient (Wildman–Crippen LogP) is 4.74. The highest BCUT2D eigenvalue weighted by atomic mass is 35.5. The molecule has 0 saturated heterocycles. The molecule has 0 aliphatic carbocycles. The number of rotatable bonds is 8. The Morgan fingerprint density at radius 1 is 1.16 bits per heavy atom. The number of aryl methyl sites for hydroxylation is 2. The van der Waals surface area contributed by atoms with E-state index in [4.69, 9.17) is 16.3 Å². The van der Waals surface area contributed by atoms with Crippen molar-refractivity contribution >= 4 is 23.5 Å². The third-order valence-corrected chi connectivity index (χ3v) is 5.31. The van der Waals surface area contributed by atoms with Gasteiger partial charge in [-0.05, 0) is 51.0 Å². The van der Waals surface area contributed by atoms with Gasteiger partial charge in [-0.25, -0.2) is 14.5 Å². The average Bonchev–Trinajstić information content (AvgIpc) is 3.12. The van der Waals surface area contributed by atoms with Crippen LogP contribution in [0, 0.1) is 13.8 Å². The van der Waals surface area contributed by atoms with Crippen LogP contribution in [0.4, 0.5) is 0 Å². The monoisotopic (exact) mass is 454 g/mol. The molecule has 2 atom stereocenters. The molecule has 0 fully saturated rings. The number of aromatic nitrogens is 3. The minimum Gasteiger partial charge on any atom is -0.448 e. The molecule has 3 aromatic rings. The number of amides is 1. The lowest BCUT2D eigenvalue weighted by molar-refractivity contribution is -0.129. The van der Waals surface area contributed by atoms with Crippen LogP contribution in [-0.2, 0) is 9.53 Å². The molecule has 0 aliphatic rings. The van der Waals surface area contributed by atoms with Crippen molar-refractivity contribution in [1.82, 2.24) is 20.1 Å². The van der Waals surface area contributed by atoms with Gasteiger partial charge in [0, 0.05) is 5.69 Å². The molecule has 2 aromatic heterocycles. The van der Waals surface area contributed by atoms with E-state index in [9.17, 15) is 9.59 Å². The third-order valence-electron chi connectivity index (χ3n) is 5.00. The first-order chi connectivity index (χ1) is 15.3. The molecule has 0 spiro atoms. The molecular weight excluding hydrogens is 428 g/mol. The number of benzene rings is 1. The molecule has 1 aromatic carbocycles. The van der Waals surface area contributed by atoms with Gasteiger partial charge in [0.25, 0.3) is 5.91 Å². The number of hydrogen-bond donors (Lipinski definition) is 1. The van der Waals surface area contributed by atoms with Crippen molar-refractivity contribution in [3.8, 4) is 5.82 Å². The molecule has 0 radical (unpaired) electrons. The van der Waals surface area contributed by atoms with Gasteiger partial charge in [0.2, 0.25) is 0 Å². The normalized spacial score (nSPS) is 12.8. The van der Waals surface area contributed by atoms with Crippen LogP contribution < -0.4 is 5.32 Å². The van der Waals surface area contributed by atoms with Crippen LogP contribution in [0.2, 0.25) is 5.02 Å². The predicted molar refractivity (Wildman–Crippen MR) is 123 cm³/mol. The zero-order valence-electron chi connectivity index (χ0n) is 18.6. The SMILES string of the molecule is CCCC(NC(=O)C(C)OC(=O)c1nc(-n2nc(C)cc2C)ccc1Cl)c1ccccc1. The maximum Gasteiger partial charge on any atom is 0.359 e. The minimum atomic E-state index is -1.01. The Morgan fingerprint density at radius 3 is 2.50 bits per heavy atom. The molecular formula is C24H27ClN4O3. The van der Waals surface area contributed by atoms with E-state index in [0.29, 0.717) is 5.82 Å². The first kappa shape index (κ1) is 23.5. The average molecular weight is 455 g/mol. The van der Waals surface area contributed by atoms with Crippen molar-refractivity contribution in [3.63, 3.8) is 0 Å². The molecule has 2 unspecified atom stereocenters. The highest BCUT2D eigenvalue weighted by Gasteiger charge is 2.24. The number of halogens is 1. The van der Waals surface area contributed by atoms with Crippen LogP contribution in [0.3, 0.4) is 0 Å². The Morgan fingerprint density at radius 2 is 1.88 bits per heavy atom. The van der Waals surface area contributed by atoms with Crippen molar-refractivity contribution in [3.05, 3.63) is 76.2 Å². The van der Waals surface area contributed by atoms with Gasteiger partial charge < -0.3 is 10.1 Å². The fourth-order valence-corrected chi connectivity index (χ4v) is 3.59. The van der Waals surface area contributed by atoms with Crippen LogP contribution >= 0.6 is 11.6 Å². The van der Waals surface area contributed by atoms with Crippen molar-refractivity contribution < 1.29 is 14.3 Å². The number of esters is 1. The summed E-state index contributed by atoms with van der Waals surface area (Å²) in [6, 6.07) is 14.7. The van der Waals surface area contributed by atoms with Gasteiger partial charge in [-0.1, -0.05) is 55.3 Å². The Balaban J connectivity index is 1.72. The van der Waals surface area contributed by atoms with Gasteiger partial charge >= 0.3 is 5.97 Å². The summed E-state index contributed by atoms with van der Waals surface area (Å²) >= 11 is 6.20. The second kappa shape index (κ2) is 10.4. The molecule has 168 valence electrons. The van der Waals surface area contributed by atoms with E-state index >= 15 is 0 Å². The molecule has 0 bridgehead atoms. The molecule has 7 nitrogen and oxygen atoms in total. The molecule has 3 rings (SSSR count). The fourth-order valence-electron chi connectivity index (χ4n) is 3.41. The Bertz CT molecular complexity index is 1100. The first-order valence-corrected chi connectivity index (χ1v) is 10.9. The Hall–Kier alpha value is -3.19. The zero-order chi connectivity index (χ0) is 23.3. The molecule has 8 heteroatoms. The molecule has 0 saturated carbocycles. The number of pyridine rings is 1. The van der Waals surface area contributed by atoms with Crippen LogP contribution in [0.15, 0.2) is 48.5 Å². The van der Waals surface area contributed by atoms with Crippen molar-refractivity contribution in [2.45, 2.75) is 52.7 Å². The summed E-state index contributed by atoms with van der Waals surface area (Å²) in [6.45, 7) is 7.34. The van der Waals surface area contributed by atoms with E-state index in [2.05, 4.69) is 22.3 Å². The smallest absolute Gasteiger partial charge is 0.359 e. The lowest BCUT2D eigenvalue weighted by Crippen LogP contribution is -2.38. The summed E-state index contributed by atoms with van der Waals surface area (Å²) in [6.07, 6.45) is 0.655. The quantitative estimate of drug-likeness (QED) is 0.497. The van der Waals surface area contributed by atoms with Crippen molar-refractivity contribution in [1.29, 1.82) is 0 Å². The molecule has 1 amide bonds. The van der Waals surface area contributed by atoms with E-state index in [1.807, 2.05) is 50.2 Å². The maximum atomic E-state index is 12.8. The van der Waals surface area contributed by atoms with E-state index < -0.39 is 12.1 Å². The summed E-state index contributed by atoms with van der Waals surface area (Å²) in [5, 5.41) is 7.48. The van der Waals surface area contributed by atoms with Gasteiger partial charge in [0.15, 0.2) is 17.6 Å². The topological polar surface area (TPSA) is 86.1 Å². The molecule has 0 aliphatic heterocycles. The summed E-state index contributed by atoms with van der Waals surface area (Å²) in [5.74, 6) is -0.713. The summed E-state index contributed by atoms with van der Waals surface area (Å²) < 4.78 is 7.01. The van der Waals surface area contributed by atoms with Gasteiger partial charge in [-0.2, -0.15) is 5.10 Å². The number of carbonyl (C=O) groups excluding carboxylic acids is 2. The van der Waals surface area contributed by atoms with Crippen LogP contribution in [0.5, 0.6) is 0 Å². The molecule has 32 heavy (non-hydrogen) atoms. The highest BCUT2D eigenvalue weighted by molar-refractivity contribution is 6.33. The van der Waals surface area contributed by atoms with E-state index in [1.165, 1.54) is 6.92 Å². The summed E-state index contributed by atoms with van der Waals surface area (Å²) in [5.41, 5.74) is 2.63. The first-order valence-electron chi connectivity index (χ1n) is 10.6. The van der Waals surface area contributed by atoms with E-state index in [0.717, 1.165) is 29.8 Å². The lowest BCUT2D eigenvalue weighted by atomic mass is 10.0. The lowest BCUT2D eigenvalue weighted by Gasteiger charge is -2.21. The number of carbonyl (C=O) groups is 2. The highest BCUT2D eigenvalue weighted by Crippen LogP contribution is 2.21. The van der Waals surface area contributed by atoms with Gasteiger partial charge in [0.05, 0.1) is 16.8 Å². The van der Waals surface area contributed by atoms with Crippen LogP contribution in [0.1, 0.15) is 60.2 Å². The summed E-state index contributed by atoms with van der Waals surface area (Å²) in [7, 11) is 0. The number of nitrogens with one attached hydrogen (secondary N) is 1. The number of ether oxygens (including phenoxy) is 1. The van der Waals surface area contributed by atoms with Crippen LogP contribution in [0.25, 0.3) is 5.82 Å². The number of hydrogen-bond acceptors (Lipinski definition) is 5. The van der Waals surface area contributed by atoms with Gasteiger partial charge in [-0.3, -0.25) is 4.79 Å². The standard InChI is InChI=1S/C24H27ClN4O3/c1-5-9-20(18-10-7-6-8-11-18)26-23(30)17(4)32-24(31)22-19(25)12-13-21(27-22)29-16(3)14-15(2)28-29/h6-8,10-14,17,20H,5,9H2,1-4H3,(H,26,30). The number of nitrogens with zero attached hydrogens (tertiary/aromatic N) is 3. The van der Waals surface area contributed by atoms with Crippen LogP contribution in [-0.4, -0.2) is 32.7 Å². The van der Waals surface area contributed by atoms with Gasteiger partial charge in [0.1, 0.15) is 0 Å². The second-order valence-electron chi connectivity index (χ2n) is 7.65. The zero-order valence-corrected chi connectivity index (χ0v) is 19.4. The van der Waals surface area contributed by atoms with E-state index in [-0.39, 0.29) is 22.7 Å². The minimum absolute atomic E-state index is 0.0652. The molecule has 2 heterocycles. The van der Waals surface area contributed by atoms with E-state index in [1.54, 1.807) is 16.8 Å². The maximum absolute atomic E-state index is 12.8. The Labute approximate surface area is 192 Å². The summed E-state index contributed by atoms with van der Waals surface area (Å²) in [4.78, 5) is 29.8. The van der Waals surface area contributed by atoms with Gasteiger partial charge in [-0.15, -0.1) is 0 Å². The molecule has 1 N–H and O–H groups in total. The third kappa shape index (κ3) is 5.53. The Kier molecular flexibility index (Phi) is 7.64. The fraction of sp³-hybridized carbons (Fsp3) is 0.333. The van der Waals surface area contributed by atoms with Crippen molar-refractivity contribution in [2.24, 2.45) is 0 Å². The largest absolute Gasteiger partial charge is 0.448 e.